The molecule has 0 aromatic heterocycles. The maximum Gasteiger partial charge on any atom is 0.307 e. The highest BCUT2D eigenvalue weighted by atomic mass is 35.5. The number of rotatable bonds is 6. The van der Waals surface area contributed by atoms with Crippen LogP contribution in [0, 0.1) is 6.92 Å². The number of methoxy groups -OCH3 is 1. The van der Waals surface area contributed by atoms with Crippen molar-refractivity contribution in [1.82, 2.24) is 4.31 Å². The molecule has 0 aliphatic carbocycles. The summed E-state index contributed by atoms with van der Waals surface area (Å²) in [4.78, 5) is 24.4. The number of nitrogens with zero attached hydrogens (tertiary/aromatic N) is 1. The molecule has 158 valence electrons. The van der Waals surface area contributed by atoms with Crippen molar-refractivity contribution < 1.29 is 22.7 Å². The minimum Gasteiger partial charge on any atom is -0.469 e. The molecule has 0 saturated carbocycles. The number of sulfonamides is 1. The SMILES string of the molecule is C=C(C(C)=O)[C@H]1c2ccc(Cl)cc2[C@@H](CC(=O)OC)N1S(=O)(=O)c1ccc(C)cc1. The van der Waals surface area contributed by atoms with E-state index in [0.717, 1.165) is 5.56 Å². The second-order valence-electron chi connectivity index (χ2n) is 7.20. The van der Waals surface area contributed by atoms with Crippen LogP contribution in [-0.2, 0) is 24.3 Å². The van der Waals surface area contributed by atoms with Gasteiger partial charge in [0.15, 0.2) is 5.78 Å². The van der Waals surface area contributed by atoms with Crippen molar-refractivity contribution in [1.29, 1.82) is 0 Å². The Kier molecular flexibility index (Phi) is 6.17. The number of hydrogen-bond donors (Lipinski definition) is 0. The highest BCUT2D eigenvalue weighted by Gasteiger charge is 2.48. The molecule has 0 fully saturated rings. The van der Waals surface area contributed by atoms with Crippen molar-refractivity contribution in [2.24, 2.45) is 0 Å². The van der Waals surface area contributed by atoms with E-state index >= 15 is 0 Å². The van der Waals surface area contributed by atoms with Gasteiger partial charge in [0.1, 0.15) is 0 Å². The molecule has 6 nitrogen and oxygen atoms in total. The molecule has 2 aromatic carbocycles. The van der Waals surface area contributed by atoms with Crippen LogP contribution in [0.5, 0.6) is 0 Å². The topological polar surface area (TPSA) is 80.8 Å². The van der Waals surface area contributed by atoms with Gasteiger partial charge in [0.05, 0.1) is 30.5 Å². The van der Waals surface area contributed by atoms with E-state index in [-0.39, 0.29) is 22.7 Å². The number of carbonyl (C=O) groups is 2. The molecule has 1 aliphatic rings. The molecule has 2 atom stereocenters. The maximum atomic E-state index is 13.7. The molecule has 0 amide bonds. The molecule has 0 N–H and O–H groups in total. The van der Waals surface area contributed by atoms with E-state index in [4.69, 9.17) is 16.3 Å². The molecular weight excluding hydrogens is 426 g/mol. The van der Waals surface area contributed by atoms with Gasteiger partial charge in [-0.25, -0.2) is 8.42 Å². The zero-order chi connectivity index (χ0) is 22.2. The standard InChI is InChI=1S/C22H22ClNO5S/c1-13-5-8-17(9-6-13)30(27,28)24-20(12-21(26)29-4)19-11-16(23)7-10-18(19)22(24)14(2)15(3)25/h5-11,20,22H,2,12H2,1,3-4H3/t20-,22+/m1/s1. The van der Waals surface area contributed by atoms with E-state index < -0.39 is 28.1 Å². The molecule has 3 rings (SSSR count). The lowest BCUT2D eigenvalue weighted by molar-refractivity contribution is -0.141. The molecular formula is C22H22ClNO5S. The van der Waals surface area contributed by atoms with Crippen molar-refractivity contribution in [2.75, 3.05) is 7.11 Å². The molecule has 0 saturated heterocycles. The van der Waals surface area contributed by atoms with E-state index in [1.807, 2.05) is 6.92 Å². The second kappa shape index (κ2) is 8.34. The van der Waals surface area contributed by atoms with Crippen LogP contribution >= 0.6 is 11.6 Å². The first-order valence-corrected chi connectivity index (χ1v) is 11.1. The van der Waals surface area contributed by atoms with Crippen molar-refractivity contribution in [3.63, 3.8) is 0 Å². The molecule has 0 unspecified atom stereocenters. The number of ketones is 1. The number of halogens is 1. The van der Waals surface area contributed by atoms with Crippen molar-refractivity contribution in [2.45, 2.75) is 37.2 Å². The number of benzene rings is 2. The van der Waals surface area contributed by atoms with Gasteiger partial charge >= 0.3 is 5.97 Å². The third-order valence-corrected chi connectivity index (χ3v) is 7.35. The number of fused-ring (bicyclic) bond motifs is 1. The minimum atomic E-state index is -4.10. The number of aryl methyl sites for hydroxylation is 1. The summed E-state index contributed by atoms with van der Waals surface area (Å²) in [6.45, 7) is 7.05. The number of hydrogen-bond acceptors (Lipinski definition) is 5. The van der Waals surface area contributed by atoms with Crippen LogP contribution < -0.4 is 0 Å². The normalized spacial score (nSPS) is 18.7. The summed E-state index contributed by atoms with van der Waals surface area (Å²) in [5.74, 6) is -0.923. The third-order valence-electron chi connectivity index (χ3n) is 5.23. The van der Waals surface area contributed by atoms with Crippen molar-refractivity contribution in [3.8, 4) is 0 Å². The average molecular weight is 448 g/mol. The fourth-order valence-electron chi connectivity index (χ4n) is 3.65. The highest BCUT2D eigenvalue weighted by molar-refractivity contribution is 7.89. The minimum absolute atomic E-state index is 0.0585. The summed E-state index contributed by atoms with van der Waals surface area (Å²) in [7, 11) is -2.86. The fourth-order valence-corrected chi connectivity index (χ4v) is 5.60. The van der Waals surface area contributed by atoms with Crippen LogP contribution in [0.1, 0.15) is 42.1 Å². The van der Waals surface area contributed by atoms with Gasteiger partial charge in [-0.1, -0.05) is 41.9 Å². The monoisotopic (exact) mass is 447 g/mol. The summed E-state index contributed by atoms with van der Waals surface area (Å²) in [6.07, 6.45) is -0.226. The second-order valence-corrected chi connectivity index (χ2v) is 9.48. The molecule has 1 heterocycles. The predicted molar refractivity (Wildman–Crippen MR) is 114 cm³/mol. The van der Waals surface area contributed by atoms with Crippen LogP contribution in [0.2, 0.25) is 5.02 Å². The van der Waals surface area contributed by atoms with E-state index in [2.05, 4.69) is 6.58 Å². The first kappa shape index (κ1) is 22.2. The van der Waals surface area contributed by atoms with Crippen LogP contribution in [0.15, 0.2) is 59.5 Å². The van der Waals surface area contributed by atoms with Gasteiger partial charge < -0.3 is 4.74 Å². The lowest BCUT2D eigenvalue weighted by Crippen LogP contribution is -2.36. The summed E-state index contributed by atoms with van der Waals surface area (Å²) in [6, 6.07) is 9.47. The molecule has 1 aliphatic heterocycles. The van der Waals surface area contributed by atoms with Gasteiger partial charge in [-0.2, -0.15) is 4.31 Å². The molecule has 2 aromatic rings. The van der Waals surface area contributed by atoms with Gasteiger partial charge in [0, 0.05) is 10.6 Å². The Morgan fingerprint density at radius 3 is 2.33 bits per heavy atom. The Labute approximate surface area is 181 Å². The van der Waals surface area contributed by atoms with Gasteiger partial charge in [-0.3, -0.25) is 9.59 Å². The van der Waals surface area contributed by atoms with Gasteiger partial charge in [-0.15, -0.1) is 0 Å². The molecule has 0 radical (unpaired) electrons. The number of ether oxygens (including phenoxy) is 1. The Balaban J connectivity index is 2.26. The quantitative estimate of drug-likeness (QED) is 0.491. The highest BCUT2D eigenvalue weighted by Crippen LogP contribution is 2.50. The first-order chi connectivity index (χ1) is 14.1. The lowest BCUT2D eigenvalue weighted by Gasteiger charge is -2.30. The van der Waals surface area contributed by atoms with E-state index in [1.54, 1.807) is 30.3 Å². The van der Waals surface area contributed by atoms with E-state index in [0.29, 0.717) is 16.1 Å². The predicted octanol–water partition coefficient (Wildman–Crippen LogP) is 4.14. The third kappa shape index (κ3) is 3.93. The molecule has 0 spiro atoms. The van der Waals surface area contributed by atoms with Crippen LogP contribution in [0.4, 0.5) is 0 Å². The number of carbonyl (C=O) groups excluding carboxylic acids is 2. The number of esters is 1. The zero-order valence-electron chi connectivity index (χ0n) is 16.9. The van der Waals surface area contributed by atoms with Gasteiger partial charge in [0.25, 0.3) is 0 Å². The fraction of sp³-hybridized carbons (Fsp3) is 0.273. The summed E-state index contributed by atoms with van der Waals surface area (Å²) >= 11 is 6.17. The summed E-state index contributed by atoms with van der Waals surface area (Å²) in [5, 5.41) is 0.394. The first-order valence-electron chi connectivity index (χ1n) is 9.24. The molecule has 8 heteroatoms. The zero-order valence-corrected chi connectivity index (χ0v) is 18.5. The Morgan fingerprint density at radius 1 is 1.13 bits per heavy atom. The lowest BCUT2D eigenvalue weighted by atomic mass is 9.96. The molecule has 0 bridgehead atoms. The van der Waals surface area contributed by atoms with Crippen molar-refractivity contribution in [3.05, 3.63) is 76.3 Å². The van der Waals surface area contributed by atoms with Crippen LogP contribution in [-0.4, -0.2) is 31.6 Å². The number of Topliss-reactive ketones (excluding diaryl/α,β-unsaturated/α-hetero) is 1. The van der Waals surface area contributed by atoms with Crippen molar-refractivity contribution >= 4 is 33.4 Å². The van der Waals surface area contributed by atoms with Gasteiger partial charge in [0.2, 0.25) is 10.0 Å². The van der Waals surface area contributed by atoms with Crippen LogP contribution in [0.25, 0.3) is 0 Å². The Hall–Kier alpha value is -2.48. The molecule has 30 heavy (non-hydrogen) atoms. The Bertz CT molecular complexity index is 1120. The Morgan fingerprint density at radius 2 is 1.77 bits per heavy atom. The summed E-state index contributed by atoms with van der Waals surface area (Å²) in [5.41, 5.74) is 2.14. The maximum absolute atomic E-state index is 13.7. The smallest absolute Gasteiger partial charge is 0.307 e. The average Bonchev–Trinajstić information content (AvgIpc) is 3.01. The van der Waals surface area contributed by atoms with Gasteiger partial charge in [-0.05, 0) is 49.2 Å². The van der Waals surface area contributed by atoms with E-state index in [1.165, 1.54) is 30.5 Å². The van der Waals surface area contributed by atoms with Crippen LogP contribution in [0.3, 0.4) is 0 Å². The van der Waals surface area contributed by atoms with E-state index in [9.17, 15) is 18.0 Å². The largest absolute Gasteiger partial charge is 0.469 e. The summed E-state index contributed by atoms with van der Waals surface area (Å²) < 4.78 is 33.4.